The Labute approximate surface area is 161 Å². The molecule has 1 rings (SSSR count). The van der Waals surface area contributed by atoms with E-state index in [1.807, 2.05) is 30.6 Å². The number of alkyl halides is 6. The molecular weight excluding hydrogens is 412 g/mol. The number of halogens is 6. The van der Waals surface area contributed by atoms with E-state index in [1.54, 1.807) is 0 Å². The van der Waals surface area contributed by atoms with Crippen LogP contribution in [0.5, 0.6) is 0 Å². The van der Waals surface area contributed by atoms with Gasteiger partial charge in [-0.15, -0.1) is 0 Å². The van der Waals surface area contributed by atoms with Crippen molar-refractivity contribution in [1.29, 1.82) is 0 Å². The lowest BCUT2D eigenvalue weighted by Gasteiger charge is -2.23. The molecule has 164 valence electrons. The van der Waals surface area contributed by atoms with Crippen molar-refractivity contribution in [2.75, 3.05) is 0 Å². The molecule has 0 aliphatic carbocycles. The van der Waals surface area contributed by atoms with Gasteiger partial charge in [0.05, 0.1) is 0 Å². The maximum Gasteiger partial charge on any atom is 0.389 e. The van der Waals surface area contributed by atoms with E-state index < -0.39 is 40.6 Å². The Morgan fingerprint density at radius 2 is 1.29 bits per heavy atom. The van der Waals surface area contributed by atoms with Crippen molar-refractivity contribution in [3.05, 3.63) is 30.6 Å². The Bertz CT molecular complexity index is 584. The van der Waals surface area contributed by atoms with Crippen LogP contribution >= 0.6 is 0 Å². The fourth-order valence-corrected chi connectivity index (χ4v) is 2.63. The third-order valence-electron chi connectivity index (χ3n) is 3.72. The highest BCUT2D eigenvalue weighted by molar-refractivity contribution is 7.86. The van der Waals surface area contributed by atoms with Crippen LogP contribution in [0.3, 0.4) is 0 Å². The van der Waals surface area contributed by atoms with Crippen LogP contribution in [-0.4, -0.2) is 30.6 Å². The molecule has 0 bridgehead atoms. The molecule has 11 heteroatoms. The summed E-state index contributed by atoms with van der Waals surface area (Å²) in [5.41, 5.74) is 0. The fourth-order valence-electron chi connectivity index (χ4n) is 2.20. The number of aromatic amines is 1. The summed E-state index contributed by atoms with van der Waals surface area (Å²) < 4.78 is 105. The van der Waals surface area contributed by atoms with Gasteiger partial charge in [-0.1, -0.05) is 44.6 Å². The summed E-state index contributed by atoms with van der Waals surface area (Å²) in [6, 6.07) is 5.86. The molecule has 0 spiro atoms. The minimum atomic E-state index is -6.02. The van der Waals surface area contributed by atoms with Crippen molar-refractivity contribution >= 4 is 10.1 Å². The van der Waals surface area contributed by atoms with Crippen LogP contribution in [0.4, 0.5) is 26.3 Å². The van der Waals surface area contributed by atoms with Gasteiger partial charge in [0, 0.05) is 18.6 Å². The average molecular weight is 437 g/mol. The van der Waals surface area contributed by atoms with E-state index in [4.69, 9.17) is 0 Å². The first-order valence-electron chi connectivity index (χ1n) is 8.83. The van der Waals surface area contributed by atoms with Gasteiger partial charge in [-0.3, -0.25) is 0 Å². The van der Waals surface area contributed by atoms with Gasteiger partial charge in [-0.05, 0) is 12.8 Å². The Hall–Kier alpha value is -1.36. The summed E-state index contributed by atoms with van der Waals surface area (Å²) in [5, 5.41) is -4.93. The third kappa shape index (κ3) is 12.9. The van der Waals surface area contributed by atoms with Crippen molar-refractivity contribution in [3.63, 3.8) is 0 Å². The quantitative estimate of drug-likeness (QED) is 0.277. The smallest absolute Gasteiger partial charge is 0.389 e. The molecule has 1 heterocycles. The monoisotopic (exact) mass is 437 g/mol. The van der Waals surface area contributed by atoms with E-state index in [-0.39, 0.29) is 12.8 Å². The van der Waals surface area contributed by atoms with E-state index in [1.165, 1.54) is 0 Å². The maximum atomic E-state index is 13.0. The van der Waals surface area contributed by atoms with Crippen LogP contribution in [0.25, 0.3) is 0 Å². The third-order valence-corrected chi connectivity index (χ3v) is 4.65. The molecule has 1 unspecified atom stereocenters. The molecule has 28 heavy (non-hydrogen) atoms. The van der Waals surface area contributed by atoms with Crippen LogP contribution in [0.1, 0.15) is 57.8 Å². The van der Waals surface area contributed by atoms with Crippen molar-refractivity contribution < 1.29 is 44.3 Å². The maximum absolute atomic E-state index is 13.0. The number of H-pyrrole nitrogens is 1. The molecule has 0 amide bonds. The number of unbranched alkanes of at least 4 members (excludes halogenated alkanes) is 6. The van der Waals surface area contributed by atoms with Gasteiger partial charge in [-0.2, -0.15) is 22.0 Å². The van der Waals surface area contributed by atoms with Gasteiger partial charge in [0.25, 0.3) is 0 Å². The Kier molecular flexibility index (Phi) is 12.3. The number of hydrogen-bond donors (Lipinski definition) is 0. The molecule has 0 radical (unpaired) electrons. The molecule has 1 aromatic heterocycles. The first-order valence-corrected chi connectivity index (χ1v) is 10.2. The van der Waals surface area contributed by atoms with E-state index in [2.05, 4.69) is 4.98 Å². The zero-order valence-electron chi connectivity index (χ0n) is 15.2. The van der Waals surface area contributed by atoms with E-state index in [0.29, 0.717) is 32.1 Å². The zero-order valence-corrected chi connectivity index (χ0v) is 16.0. The highest BCUT2D eigenvalue weighted by Crippen LogP contribution is 2.30. The van der Waals surface area contributed by atoms with Crippen LogP contribution in [0, 0.1) is 0 Å². The molecule has 0 fully saturated rings. The largest absolute Gasteiger partial charge is 0.743 e. The van der Waals surface area contributed by atoms with Crippen LogP contribution in [-0.2, 0) is 10.1 Å². The van der Waals surface area contributed by atoms with E-state index >= 15 is 0 Å². The summed E-state index contributed by atoms with van der Waals surface area (Å²) in [6.45, 7) is 0. The second kappa shape index (κ2) is 13.0. The van der Waals surface area contributed by atoms with Crippen LogP contribution in [0.15, 0.2) is 30.6 Å². The molecule has 1 atom stereocenters. The predicted molar refractivity (Wildman–Crippen MR) is 90.1 cm³/mol. The number of nitrogens with one attached hydrogen (secondary N) is 1. The lowest BCUT2D eigenvalue weighted by Crippen LogP contribution is -2.38. The first-order chi connectivity index (χ1) is 12.9. The number of pyridine rings is 1. The lowest BCUT2D eigenvalue weighted by molar-refractivity contribution is -0.377. The van der Waals surface area contributed by atoms with Crippen molar-refractivity contribution in [1.82, 2.24) is 0 Å². The normalized spacial score (nSPS) is 13.5. The van der Waals surface area contributed by atoms with Gasteiger partial charge in [0.15, 0.2) is 28.7 Å². The molecule has 0 aliphatic heterocycles. The second-order valence-electron chi connectivity index (χ2n) is 6.19. The Morgan fingerprint density at radius 1 is 0.821 bits per heavy atom. The molecule has 0 saturated carbocycles. The van der Waals surface area contributed by atoms with Crippen molar-refractivity contribution in [3.8, 4) is 0 Å². The molecule has 1 aromatic rings. The summed E-state index contributed by atoms with van der Waals surface area (Å²) in [7, 11) is -6.02. The molecule has 1 N–H and O–H groups in total. The lowest BCUT2D eigenvalue weighted by atomic mass is 10.1. The Balaban J connectivity index is 0.00000102. The molecule has 0 saturated heterocycles. The van der Waals surface area contributed by atoms with Gasteiger partial charge in [0.2, 0.25) is 0 Å². The molecule has 0 aromatic carbocycles. The number of aromatic nitrogens is 1. The Morgan fingerprint density at radius 3 is 1.64 bits per heavy atom. The summed E-state index contributed by atoms with van der Waals surface area (Å²) in [4.78, 5) is 2.89. The van der Waals surface area contributed by atoms with Crippen molar-refractivity contribution in [2.24, 2.45) is 0 Å². The second-order valence-corrected chi connectivity index (χ2v) is 7.64. The van der Waals surface area contributed by atoms with Crippen LogP contribution < -0.4 is 4.98 Å². The highest BCUT2D eigenvalue weighted by atomic mass is 32.2. The minimum absolute atomic E-state index is 0.0190. The van der Waals surface area contributed by atoms with Gasteiger partial charge >= 0.3 is 11.4 Å². The zero-order chi connectivity index (χ0) is 21.7. The SMILES string of the molecule is O=S(=O)([O-])C(F)(F)C(F)CCCCCCCCCC(F)(F)F.c1cc[nH+]cc1. The standard InChI is InChI=1S/C12H20F6O3S.C5H5N/c13-10(12(17,18)22(19,20)21)8-6-4-2-1-3-5-7-9-11(14,15)16;1-2-4-6-5-3-1/h10H,1-9H2,(H,19,20,21);1-5H. The summed E-state index contributed by atoms with van der Waals surface area (Å²) in [5.74, 6) is 0. The number of rotatable bonds is 11. The van der Waals surface area contributed by atoms with E-state index in [9.17, 15) is 39.3 Å². The average Bonchev–Trinajstić information content (AvgIpc) is 2.60. The molecule has 4 nitrogen and oxygen atoms in total. The molecular formula is C17H25F6NO3S. The summed E-state index contributed by atoms with van der Waals surface area (Å²) in [6.07, 6.45) is -2.62. The van der Waals surface area contributed by atoms with E-state index in [0.717, 1.165) is 0 Å². The van der Waals surface area contributed by atoms with Gasteiger partial charge in [0.1, 0.15) is 0 Å². The fraction of sp³-hybridized carbons (Fsp3) is 0.706. The first kappa shape index (κ1) is 26.6. The van der Waals surface area contributed by atoms with Gasteiger partial charge in [-0.25, -0.2) is 17.8 Å². The van der Waals surface area contributed by atoms with Crippen LogP contribution in [0.2, 0.25) is 0 Å². The molecule has 0 aliphatic rings. The topological polar surface area (TPSA) is 71.3 Å². The highest BCUT2D eigenvalue weighted by Gasteiger charge is 2.46. The van der Waals surface area contributed by atoms with Gasteiger partial charge < -0.3 is 4.55 Å². The summed E-state index contributed by atoms with van der Waals surface area (Å²) >= 11 is 0. The van der Waals surface area contributed by atoms with Crippen molar-refractivity contribution in [2.45, 2.75) is 75.4 Å². The number of hydrogen-bond acceptors (Lipinski definition) is 3. The minimum Gasteiger partial charge on any atom is -0.743 e. The predicted octanol–water partition coefficient (Wildman–Crippen LogP) is 5.04.